The maximum absolute atomic E-state index is 12.3. The third-order valence-electron chi connectivity index (χ3n) is 3.46. The molecule has 0 bridgehead atoms. The lowest BCUT2D eigenvalue weighted by Crippen LogP contribution is -2.45. The second-order valence-corrected chi connectivity index (χ2v) is 7.32. The normalized spacial score (nSPS) is 12.3. The van der Waals surface area contributed by atoms with Crippen molar-refractivity contribution in [3.63, 3.8) is 0 Å². The number of carbonyl (C=O) groups is 2. The van der Waals surface area contributed by atoms with E-state index in [0.29, 0.717) is 5.56 Å². The Kier molecular flexibility index (Phi) is 5.70. The molecule has 0 aliphatic rings. The van der Waals surface area contributed by atoms with E-state index >= 15 is 0 Å². The second kappa shape index (κ2) is 7.74. The number of nitrogens with two attached hydrogens (primary N) is 1. The quantitative estimate of drug-likeness (QED) is 0.784. The maximum Gasteiger partial charge on any atom is 0.251 e. The van der Waals surface area contributed by atoms with Gasteiger partial charge in [-0.3, -0.25) is 9.59 Å². The van der Waals surface area contributed by atoms with E-state index < -0.39 is 27.7 Å². The zero-order valence-corrected chi connectivity index (χ0v) is 13.7. The summed E-state index contributed by atoms with van der Waals surface area (Å²) in [6, 6.07) is 15.2. The Morgan fingerprint density at radius 2 is 1.50 bits per heavy atom. The molecule has 0 aromatic heterocycles. The highest BCUT2D eigenvalue weighted by Gasteiger charge is 2.23. The number of primary amides is 1. The van der Waals surface area contributed by atoms with Crippen LogP contribution in [-0.2, 0) is 14.6 Å². The lowest BCUT2D eigenvalue weighted by molar-refractivity contribution is -0.119. The SMILES string of the molecule is NC(=O)[C@H](CCS(=O)(=O)c1ccccc1)NC(=O)c1ccccc1. The zero-order valence-electron chi connectivity index (χ0n) is 12.9. The Morgan fingerprint density at radius 3 is 2.04 bits per heavy atom. The van der Waals surface area contributed by atoms with Crippen LogP contribution in [0.3, 0.4) is 0 Å². The molecular weight excluding hydrogens is 328 g/mol. The smallest absolute Gasteiger partial charge is 0.251 e. The van der Waals surface area contributed by atoms with Crippen LogP contribution in [0.5, 0.6) is 0 Å². The first-order valence-electron chi connectivity index (χ1n) is 7.33. The minimum absolute atomic E-state index is 0.0921. The Balaban J connectivity index is 2.04. The number of benzene rings is 2. The van der Waals surface area contributed by atoms with Gasteiger partial charge in [0, 0.05) is 5.56 Å². The Labute approximate surface area is 140 Å². The topological polar surface area (TPSA) is 106 Å². The third-order valence-corrected chi connectivity index (χ3v) is 5.23. The molecule has 0 aliphatic carbocycles. The first kappa shape index (κ1) is 17.7. The average molecular weight is 346 g/mol. The molecule has 2 rings (SSSR count). The number of hydrogen-bond donors (Lipinski definition) is 2. The van der Waals surface area contributed by atoms with Crippen molar-refractivity contribution in [2.75, 3.05) is 5.75 Å². The highest BCUT2D eigenvalue weighted by atomic mass is 32.2. The van der Waals surface area contributed by atoms with Crippen LogP contribution >= 0.6 is 0 Å². The van der Waals surface area contributed by atoms with Gasteiger partial charge in [0.25, 0.3) is 5.91 Å². The fourth-order valence-electron chi connectivity index (χ4n) is 2.14. The number of carbonyl (C=O) groups excluding carboxylic acids is 2. The fourth-order valence-corrected chi connectivity index (χ4v) is 3.49. The number of nitrogens with one attached hydrogen (secondary N) is 1. The van der Waals surface area contributed by atoms with Crippen molar-refractivity contribution in [2.24, 2.45) is 5.73 Å². The van der Waals surface area contributed by atoms with E-state index in [1.807, 2.05) is 0 Å². The zero-order chi connectivity index (χ0) is 17.6. The van der Waals surface area contributed by atoms with Gasteiger partial charge < -0.3 is 11.1 Å². The summed E-state index contributed by atoms with van der Waals surface area (Å²) in [7, 11) is -3.55. The first-order chi connectivity index (χ1) is 11.4. The third kappa shape index (κ3) is 4.66. The number of sulfone groups is 1. The van der Waals surface area contributed by atoms with Crippen molar-refractivity contribution in [3.8, 4) is 0 Å². The molecule has 3 N–H and O–H groups in total. The molecule has 126 valence electrons. The number of hydrogen-bond acceptors (Lipinski definition) is 4. The minimum Gasteiger partial charge on any atom is -0.368 e. The molecular formula is C17H18N2O4S. The molecule has 0 saturated carbocycles. The molecule has 2 aromatic carbocycles. The van der Waals surface area contributed by atoms with E-state index in [2.05, 4.69) is 5.32 Å². The Hall–Kier alpha value is -2.67. The highest BCUT2D eigenvalue weighted by molar-refractivity contribution is 7.91. The van der Waals surface area contributed by atoms with Gasteiger partial charge in [-0.05, 0) is 30.7 Å². The molecule has 6 nitrogen and oxygen atoms in total. The maximum atomic E-state index is 12.3. The van der Waals surface area contributed by atoms with E-state index in [-0.39, 0.29) is 17.1 Å². The van der Waals surface area contributed by atoms with Gasteiger partial charge in [0.1, 0.15) is 6.04 Å². The van der Waals surface area contributed by atoms with Gasteiger partial charge in [-0.15, -0.1) is 0 Å². The number of rotatable bonds is 7. The highest BCUT2D eigenvalue weighted by Crippen LogP contribution is 2.12. The average Bonchev–Trinajstić information content (AvgIpc) is 2.59. The summed E-state index contributed by atoms with van der Waals surface area (Å²) in [4.78, 5) is 23.8. The lowest BCUT2D eigenvalue weighted by atomic mass is 10.1. The Morgan fingerprint density at radius 1 is 0.958 bits per heavy atom. The standard InChI is InChI=1S/C17H18N2O4S/c18-16(20)15(19-17(21)13-7-3-1-4-8-13)11-12-24(22,23)14-9-5-2-6-10-14/h1-10,15H,11-12H2,(H2,18,20)(H,19,21)/t15-/m0/s1. The van der Waals surface area contributed by atoms with Crippen molar-refractivity contribution in [1.29, 1.82) is 0 Å². The fraction of sp³-hybridized carbons (Fsp3) is 0.176. The van der Waals surface area contributed by atoms with Gasteiger partial charge in [-0.2, -0.15) is 0 Å². The molecule has 7 heteroatoms. The van der Waals surface area contributed by atoms with Crippen molar-refractivity contribution in [1.82, 2.24) is 5.32 Å². The van der Waals surface area contributed by atoms with Gasteiger partial charge in [0.2, 0.25) is 5.91 Å². The van der Waals surface area contributed by atoms with Gasteiger partial charge >= 0.3 is 0 Å². The second-order valence-electron chi connectivity index (χ2n) is 5.22. The molecule has 1 atom stereocenters. The van der Waals surface area contributed by atoms with Gasteiger partial charge in [-0.25, -0.2) is 8.42 Å². The van der Waals surface area contributed by atoms with Crippen LogP contribution in [0, 0.1) is 0 Å². The molecule has 0 aliphatic heterocycles. The monoisotopic (exact) mass is 346 g/mol. The van der Waals surface area contributed by atoms with Crippen LogP contribution in [0.1, 0.15) is 16.8 Å². The van der Waals surface area contributed by atoms with Crippen LogP contribution < -0.4 is 11.1 Å². The molecule has 2 amide bonds. The predicted octanol–water partition coefficient (Wildman–Crippen LogP) is 1.13. The summed E-state index contributed by atoms with van der Waals surface area (Å²) >= 11 is 0. The van der Waals surface area contributed by atoms with Crippen molar-refractivity contribution in [3.05, 3.63) is 66.2 Å². The van der Waals surface area contributed by atoms with Gasteiger partial charge in [0.05, 0.1) is 10.6 Å². The molecule has 0 radical (unpaired) electrons. The molecule has 0 unspecified atom stereocenters. The van der Waals surface area contributed by atoms with Crippen LogP contribution in [0.4, 0.5) is 0 Å². The largest absolute Gasteiger partial charge is 0.368 e. The number of amides is 2. The summed E-state index contributed by atoms with van der Waals surface area (Å²) in [5, 5.41) is 2.48. The van der Waals surface area contributed by atoms with E-state index in [1.165, 1.54) is 12.1 Å². The summed E-state index contributed by atoms with van der Waals surface area (Å²) in [6.07, 6.45) is -0.0921. The molecule has 0 saturated heterocycles. The minimum atomic E-state index is -3.55. The predicted molar refractivity (Wildman–Crippen MR) is 90.0 cm³/mol. The van der Waals surface area contributed by atoms with Crippen LogP contribution in [0.15, 0.2) is 65.6 Å². The molecule has 24 heavy (non-hydrogen) atoms. The van der Waals surface area contributed by atoms with Crippen molar-refractivity contribution < 1.29 is 18.0 Å². The first-order valence-corrected chi connectivity index (χ1v) is 8.98. The van der Waals surface area contributed by atoms with E-state index in [4.69, 9.17) is 5.73 Å². The summed E-state index contributed by atoms with van der Waals surface area (Å²) < 4.78 is 24.5. The van der Waals surface area contributed by atoms with Crippen molar-refractivity contribution in [2.45, 2.75) is 17.4 Å². The van der Waals surface area contributed by atoms with Gasteiger partial charge in [-0.1, -0.05) is 36.4 Å². The molecule has 0 spiro atoms. The molecule has 0 fully saturated rings. The van der Waals surface area contributed by atoms with Crippen LogP contribution in [0.25, 0.3) is 0 Å². The summed E-state index contributed by atoms with van der Waals surface area (Å²) in [5.41, 5.74) is 5.65. The molecule has 0 heterocycles. The van der Waals surface area contributed by atoms with E-state index in [9.17, 15) is 18.0 Å². The summed E-state index contributed by atoms with van der Waals surface area (Å²) in [5.74, 6) is -1.54. The van der Waals surface area contributed by atoms with Crippen LogP contribution in [0.2, 0.25) is 0 Å². The van der Waals surface area contributed by atoms with Gasteiger partial charge in [0.15, 0.2) is 9.84 Å². The van der Waals surface area contributed by atoms with E-state index in [1.54, 1.807) is 48.5 Å². The Bertz CT molecular complexity index is 805. The van der Waals surface area contributed by atoms with Crippen molar-refractivity contribution >= 4 is 21.7 Å². The lowest BCUT2D eigenvalue weighted by Gasteiger charge is -2.15. The molecule has 2 aromatic rings. The van der Waals surface area contributed by atoms with E-state index in [0.717, 1.165) is 0 Å². The summed E-state index contributed by atoms with van der Waals surface area (Å²) in [6.45, 7) is 0. The van der Waals surface area contributed by atoms with Crippen LogP contribution in [-0.4, -0.2) is 32.0 Å².